The van der Waals surface area contributed by atoms with Gasteiger partial charge in [0.2, 0.25) is 0 Å². The number of nitrogens with zero attached hydrogens (tertiary/aromatic N) is 2. The molecule has 0 spiro atoms. The lowest BCUT2D eigenvalue weighted by Crippen LogP contribution is -2.28. The van der Waals surface area contributed by atoms with Crippen molar-refractivity contribution in [3.05, 3.63) is 17.8 Å². The van der Waals surface area contributed by atoms with E-state index < -0.39 is 0 Å². The Kier molecular flexibility index (Phi) is 3.87. The van der Waals surface area contributed by atoms with E-state index in [0.29, 0.717) is 0 Å². The maximum absolute atomic E-state index is 5.73. The number of pyridine rings is 1. The molecule has 0 radical (unpaired) electrons. The minimum absolute atomic E-state index is 0.748. The highest BCUT2D eigenvalue weighted by Gasteiger charge is 2.16. The minimum Gasteiger partial charge on any atom is -0.397 e. The summed E-state index contributed by atoms with van der Waals surface area (Å²) in [6.45, 7) is 3.20. The van der Waals surface area contributed by atoms with Crippen molar-refractivity contribution in [1.82, 2.24) is 4.98 Å². The molecule has 1 aliphatic rings. The van der Waals surface area contributed by atoms with Gasteiger partial charge in [-0.2, -0.15) is 0 Å². The first-order valence-electron chi connectivity index (χ1n) is 6.60. The molecular formula is C14H23N3. The summed E-state index contributed by atoms with van der Waals surface area (Å²) >= 11 is 0. The van der Waals surface area contributed by atoms with Crippen molar-refractivity contribution < 1.29 is 0 Å². The smallest absolute Gasteiger partial charge is 0.131 e. The number of rotatable bonds is 3. The first kappa shape index (κ1) is 12.2. The van der Waals surface area contributed by atoms with E-state index in [9.17, 15) is 0 Å². The van der Waals surface area contributed by atoms with Crippen molar-refractivity contribution in [3.63, 3.8) is 0 Å². The van der Waals surface area contributed by atoms with Crippen molar-refractivity contribution >= 4 is 11.5 Å². The normalized spacial score (nSPS) is 17.1. The van der Waals surface area contributed by atoms with Crippen LogP contribution in [0.2, 0.25) is 0 Å². The molecule has 3 nitrogen and oxygen atoms in total. The molecule has 1 aliphatic carbocycles. The minimum atomic E-state index is 0.748. The van der Waals surface area contributed by atoms with Gasteiger partial charge in [0.05, 0.1) is 11.9 Å². The van der Waals surface area contributed by atoms with E-state index in [1.807, 2.05) is 6.07 Å². The monoisotopic (exact) mass is 233 g/mol. The molecule has 2 N–H and O–H groups in total. The maximum atomic E-state index is 5.73. The zero-order valence-electron chi connectivity index (χ0n) is 10.9. The largest absolute Gasteiger partial charge is 0.397 e. The molecule has 17 heavy (non-hydrogen) atoms. The summed E-state index contributed by atoms with van der Waals surface area (Å²) in [5, 5.41) is 0. The molecule has 3 heteroatoms. The summed E-state index contributed by atoms with van der Waals surface area (Å²) < 4.78 is 0. The van der Waals surface area contributed by atoms with Crippen LogP contribution in [0.25, 0.3) is 0 Å². The molecular weight excluding hydrogens is 210 g/mol. The molecule has 0 bridgehead atoms. The second-order valence-corrected chi connectivity index (χ2v) is 5.29. The van der Waals surface area contributed by atoms with Gasteiger partial charge in [0.15, 0.2) is 0 Å². The lowest BCUT2D eigenvalue weighted by molar-refractivity contribution is 0.361. The van der Waals surface area contributed by atoms with E-state index in [4.69, 9.17) is 5.73 Å². The van der Waals surface area contributed by atoms with Gasteiger partial charge in [0.25, 0.3) is 0 Å². The average molecular weight is 233 g/mol. The molecule has 94 valence electrons. The van der Waals surface area contributed by atoms with Crippen LogP contribution in [-0.4, -0.2) is 18.6 Å². The molecule has 0 atom stereocenters. The fourth-order valence-corrected chi connectivity index (χ4v) is 2.83. The molecule has 0 aliphatic heterocycles. The Hall–Kier alpha value is -1.25. The lowest BCUT2D eigenvalue weighted by atomic mass is 9.89. The van der Waals surface area contributed by atoms with Crippen LogP contribution in [0.3, 0.4) is 0 Å². The van der Waals surface area contributed by atoms with Crippen molar-refractivity contribution in [2.24, 2.45) is 5.92 Å². The van der Waals surface area contributed by atoms with Crippen LogP contribution in [0.5, 0.6) is 0 Å². The lowest BCUT2D eigenvalue weighted by Gasteiger charge is -2.28. The van der Waals surface area contributed by atoms with Gasteiger partial charge in [-0.05, 0) is 37.3 Å². The van der Waals surface area contributed by atoms with Gasteiger partial charge in [-0.3, -0.25) is 0 Å². The molecule has 1 saturated carbocycles. The number of hydrogen-bond donors (Lipinski definition) is 1. The quantitative estimate of drug-likeness (QED) is 0.872. The zero-order chi connectivity index (χ0) is 12.3. The number of aromatic nitrogens is 1. The number of anilines is 2. The highest BCUT2D eigenvalue weighted by Crippen LogP contribution is 2.26. The molecule has 2 rings (SSSR count). The zero-order valence-corrected chi connectivity index (χ0v) is 10.9. The van der Waals surface area contributed by atoms with Crippen LogP contribution in [0.15, 0.2) is 12.3 Å². The molecule has 1 aromatic heterocycles. The highest BCUT2D eigenvalue weighted by atomic mass is 15.2. The van der Waals surface area contributed by atoms with E-state index in [1.54, 1.807) is 6.20 Å². The SMILES string of the molecule is Cc1cc(N)cnc1N(C)CC1CCCCC1. The summed E-state index contributed by atoms with van der Waals surface area (Å²) in [7, 11) is 2.14. The number of aryl methyl sites for hydroxylation is 1. The Morgan fingerprint density at radius 1 is 1.35 bits per heavy atom. The van der Waals surface area contributed by atoms with Crippen molar-refractivity contribution in [2.75, 3.05) is 24.2 Å². The fourth-order valence-electron chi connectivity index (χ4n) is 2.83. The predicted molar refractivity (Wildman–Crippen MR) is 73.2 cm³/mol. The van der Waals surface area contributed by atoms with E-state index in [2.05, 4.69) is 23.9 Å². The Labute approximate surface area is 104 Å². The summed E-state index contributed by atoms with van der Waals surface area (Å²) in [6, 6.07) is 2.00. The maximum Gasteiger partial charge on any atom is 0.131 e. The molecule has 1 aromatic rings. The van der Waals surface area contributed by atoms with E-state index in [0.717, 1.165) is 24.0 Å². The molecule has 0 saturated heterocycles. The van der Waals surface area contributed by atoms with Crippen molar-refractivity contribution in [1.29, 1.82) is 0 Å². The Morgan fingerprint density at radius 2 is 2.06 bits per heavy atom. The van der Waals surface area contributed by atoms with Gasteiger partial charge in [-0.25, -0.2) is 4.98 Å². The van der Waals surface area contributed by atoms with Gasteiger partial charge >= 0.3 is 0 Å². The van der Waals surface area contributed by atoms with Gasteiger partial charge in [-0.15, -0.1) is 0 Å². The summed E-state index contributed by atoms with van der Waals surface area (Å²) in [4.78, 5) is 6.73. The standard InChI is InChI=1S/C14H23N3/c1-11-8-13(15)9-16-14(11)17(2)10-12-6-4-3-5-7-12/h8-9,12H,3-7,10,15H2,1-2H3. The van der Waals surface area contributed by atoms with E-state index in [1.165, 1.54) is 37.7 Å². The number of nitrogen functional groups attached to an aromatic ring is 1. The third-order valence-corrected chi connectivity index (χ3v) is 3.69. The predicted octanol–water partition coefficient (Wildman–Crippen LogP) is 2.99. The molecule has 0 unspecified atom stereocenters. The van der Waals surface area contributed by atoms with Crippen LogP contribution in [0.4, 0.5) is 11.5 Å². The second-order valence-electron chi connectivity index (χ2n) is 5.29. The van der Waals surface area contributed by atoms with E-state index in [-0.39, 0.29) is 0 Å². The van der Waals surface area contributed by atoms with Gasteiger partial charge in [0.1, 0.15) is 5.82 Å². The fraction of sp³-hybridized carbons (Fsp3) is 0.643. The first-order valence-corrected chi connectivity index (χ1v) is 6.60. The molecule has 1 heterocycles. The molecule has 0 amide bonds. The topological polar surface area (TPSA) is 42.1 Å². The van der Waals surface area contributed by atoms with Crippen molar-refractivity contribution in [2.45, 2.75) is 39.0 Å². The van der Waals surface area contributed by atoms with Crippen LogP contribution in [0.1, 0.15) is 37.7 Å². The average Bonchev–Trinajstić information content (AvgIpc) is 2.30. The van der Waals surface area contributed by atoms with Gasteiger partial charge < -0.3 is 10.6 Å². The first-order chi connectivity index (χ1) is 8.16. The van der Waals surface area contributed by atoms with Crippen molar-refractivity contribution in [3.8, 4) is 0 Å². The highest BCUT2D eigenvalue weighted by molar-refractivity contribution is 5.52. The Balaban J connectivity index is 2.00. The molecule has 0 aromatic carbocycles. The third kappa shape index (κ3) is 3.11. The molecule has 1 fully saturated rings. The number of hydrogen-bond acceptors (Lipinski definition) is 3. The Bertz CT molecular complexity index is 370. The Morgan fingerprint density at radius 3 is 2.71 bits per heavy atom. The third-order valence-electron chi connectivity index (χ3n) is 3.69. The van der Waals surface area contributed by atoms with Crippen LogP contribution in [-0.2, 0) is 0 Å². The number of nitrogens with two attached hydrogens (primary N) is 1. The summed E-state index contributed by atoms with van der Waals surface area (Å²) in [5.41, 5.74) is 7.65. The van der Waals surface area contributed by atoms with E-state index >= 15 is 0 Å². The summed E-state index contributed by atoms with van der Waals surface area (Å²) in [6.07, 6.45) is 8.70. The summed E-state index contributed by atoms with van der Waals surface area (Å²) in [5.74, 6) is 1.91. The van der Waals surface area contributed by atoms with Gasteiger partial charge in [0, 0.05) is 13.6 Å². The van der Waals surface area contributed by atoms with Gasteiger partial charge in [-0.1, -0.05) is 19.3 Å². The second kappa shape index (κ2) is 5.39. The van der Waals surface area contributed by atoms with Crippen LogP contribution >= 0.6 is 0 Å². The van der Waals surface area contributed by atoms with Crippen LogP contribution in [0, 0.1) is 12.8 Å². The van der Waals surface area contributed by atoms with Crippen LogP contribution < -0.4 is 10.6 Å².